The summed E-state index contributed by atoms with van der Waals surface area (Å²) in [7, 11) is 1.66. The van der Waals surface area contributed by atoms with Gasteiger partial charge in [-0.15, -0.1) is 0 Å². The maximum Gasteiger partial charge on any atom is 0.188 e. The van der Waals surface area contributed by atoms with Crippen LogP contribution in [0.5, 0.6) is 5.75 Å². The first-order chi connectivity index (χ1) is 13.1. The van der Waals surface area contributed by atoms with Crippen LogP contribution >= 0.6 is 11.8 Å². The fraction of sp³-hybridized carbons (Fsp3) is 0.227. The molecule has 0 bridgehead atoms. The Balaban J connectivity index is 1.71. The van der Waals surface area contributed by atoms with Crippen molar-refractivity contribution in [1.29, 1.82) is 0 Å². The minimum absolute atomic E-state index is 0.0250. The van der Waals surface area contributed by atoms with Crippen LogP contribution in [-0.4, -0.2) is 13.4 Å². The average molecular weight is 381 g/mol. The summed E-state index contributed by atoms with van der Waals surface area (Å²) in [6.45, 7) is 2.28. The van der Waals surface area contributed by atoms with Gasteiger partial charge in [0.25, 0.3) is 0 Å². The molecule has 0 aliphatic rings. The zero-order chi connectivity index (χ0) is 19.2. The molecule has 140 valence electrons. The molecule has 0 atom stereocenters. The predicted octanol–water partition coefficient (Wildman–Crippen LogP) is 5.10. The number of thioether (sulfide) groups is 1. The number of nitrogens with one attached hydrogen (secondary N) is 1. The lowest BCUT2D eigenvalue weighted by Gasteiger charge is -2.10. The first-order valence-corrected chi connectivity index (χ1v) is 10.1. The lowest BCUT2D eigenvalue weighted by Crippen LogP contribution is -2.12. The molecule has 2 aromatic carbocycles. The van der Waals surface area contributed by atoms with Crippen molar-refractivity contribution in [2.75, 3.05) is 18.7 Å². The summed E-state index contributed by atoms with van der Waals surface area (Å²) < 4.78 is 11.1. The Morgan fingerprint density at radius 2 is 1.67 bits per heavy atom. The van der Waals surface area contributed by atoms with E-state index in [4.69, 9.17) is 9.15 Å². The molecule has 0 radical (unpaired) electrons. The van der Waals surface area contributed by atoms with E-state index in [9.17, 15) is 4.79 Å². The van der Waals surface area contributed by atoms with E-state index in [1.165, 1.54) is 0 Å². The number of ether oxygens (including phenoxy) is 1. The van der Waals surface area contributed by atoms with Gasteiger partial charge >= 0.3 is 0 Å². The van der Waals surface area contributed by atoms with Crippen molar-refractivity contribution in [2.45, 2.75) is 19.2 Å². The molecule has 1 N–H and O–H groups in total. The Labute approximate surface area is 163 Å². The summed E-state index contributed by atoms with van der Waals surface area (Å²) in [4.78, 5) is 12.1. The van der Waals surface area contributed by atoms with E-state index in [2.05, 4.69) is 17.4 Å². The van der Waals surface area contributed by atoms with Crippen LogP contribution in [0.25, 0.3) is 11.1 Å². The predicted molar refractivity (Wildman–Crippen MR) is 113 cm³/mol. The molecule has 0 unspecified atom stereocenters. The van der Waals surface area contributed by atoms with Crippen LogP contribution < -0.4 is 15.5 Å². The summed E-state index contributed by atoms with van der Waals surface area (Å²) >= 11 is 1.63. The standard InChI is InChI=1S/C22H23NO3S/c1-15-21(24)12-20(14-27-3)26-22(15)13-23-18-8-4-16(5-9-18)17-6-10-19(25-2)11-7-17/h4-12,23H,13-14H2,1-3H3. The number of anilines is 1. The number of benzene rings is 2. The highest BCUT2D eigenvalue weighted by atomic mass is 32.2. The van der Waals surface area contributed by atoms with E-state index in [-0.39, 0.29) is 5.43 Å². The molecule has 0 aliphatic carbocycles. The monoisotopic (exact) mass is 381 g/mol. The van der Waals surface area contributed by atoms with Crippen LogP contribution in [0.4, 0.5) is 5.69 Å². The van der Waals surface area contributed by atoms with Gasteiger partial charge in [0.1, 0.15) is 17.3 Å². The summed E-state index contributed by atoms with van der Waals surface area (Å²) in [5, 5.41) is 3.34. The molecule has 3 aromatic rings. The van der Waals surface area contributed by atoms with E-state index >= 15 is 0 Å². The van der Waals surface area contributed by atoms with Gasteiger partial charge in [0.2, 0.25) is 0 Å². The maximum absolute atomic E-state index is 12.1. The Hall–Kier alpha value is -2.66. The minimum Gasteiger partial charge on any atom is -0.497 e. The van der Waals surface area contributed by atoms with Crippen molar-refractivity contribution < 1.29 is 9.15 Å². The second-order valence-corrected chi connectivity index (χ2v) is 7.08. The summed E-state index contributed by atoms with van der Waals surface area (Å²) in [5.74, 6) is 2.94. The molecular formula is C22H23NO3S. The molecule has 0 saturated carbocycles. The molecule has 4 nitrogen and oxygen atoms in total. The molecule has 3 rings (SSSR count). The number of hydrogen-bond acceptors (Lipinski definition) is 5. The van der Waals surface area contributed by atoms with Crippen molar-refractivity contribution in [2.24, 2.45) is 0 Å². The zero-order valence-corrected chi connectivity index (χ0v) is 16.6. The van der Waals surface area contributed by atoms with Gasteiger partial charge in [-0.3, -0.25) is 4.79 Å². The smallest absolute Gasteiger partial charge is 0.188 e. The van der Waals surface area contributed by atoms with Gasteiger partial charge in [-0.05, 0) is 48.6 Å². The molecule has 0 saturated heterocycles. The molecule has 1 heterocycles. The normalized spacial score (nSPS) is 10.6. The molecule has 0 aliphatic heterocycles. The third kappa shape index (κ3) is 4.74. The van der Waals surface area contributed by atoms with E-state index in [0.717, 1.165) is 22.6 Å². The lowest BCUT2D eigenvalue weighted by molar-refractivity contribution is 0.415. The molecule has 0 fully saturated rings. The fourth-order valence-corrected chi connectivity index (χ4v) is 3.21. The Bertz CT molecular complexity index is 947. The van der Waals surface area contributed by atoms with Gasteiger partial charge in [-0.25, -0.2) is 0 Å². The number of hydrogen-bond donors (Lipinski definition) is 1. The largest absolute Gasteiger partial charge is 0.497 e. The number of methoxy groups -OCH3 is 1. The van der Waals surface area contributed by atoms with E-state index in [1.54, 1.807) is 31.9 Å². The minimum atomic E-state index is 0.0250. The first-order valence-electron chi connectivity index (χ1n) is 8.70. The lowest BCUT2D eigenvalue weighted by atomic mass is 10.1. The van der Waals surface area contributed by atoms with Crippen molar-refractivity contribution in [1.82, 2.24) is 0 Å². The van der Waals surface area contributed by atoms with Gasteiger partial charge in [-0.2, -0.15) is 11.8 Å². The summed E-state index contributed by atoms with van der Waals surface area (Å²) in [6, 6.07) is 17.7. The van der Waals surface area contributed by atoms with Gasteiger partial charge < -0.3 is 14.5 Å². The fourth-order valence-electron chi connectivity index (χ4n) is 2.78. The van der Waals surface area contributed by atoms with Crippen LogP contribution in [-0.2, 0) is 12.3 Å². The van der Waals surface area contributed by atoms with Crippen LogP contribution in [0.15, 0.2) is 63.8 Å². The summed E-state index contributed by atoms with van der Waals surface area (Å²) in [6.07, 6.45) is 1.99. The van der Waals surface area contributed by atoms with Crippen LogP contribution in [0.1, 0.15) is 17.1 Å². The summed E-state index contributed by atoms with van der Waals surface area (Å²) in [5.41, 5.74) is 3.92. The number of rotatable bonds is 7. The third-order valence-corrected chi connectivity index (χ3v) is 4.96. The topological polar surface area (TPSA) is 51.5 Å². The highest BCUT2D eigenvalue weighted by molar-refractivity contribution is 7.97. The van der Waals surface area contributed by atoms with Crippen LogP contribution in [0.3, 0.4) is 0 Å². The van der Waals surface area contributed by atoms with E-state index in [1.807, 2.05) is 42.7 Å². The molecule has 0 spiro atoms. The maximum atomic E-state index is 12.1. The molecule has 0 amide bonds. The van der Waals surface area contributed by atoms with Crippen LogP contribution in [0, 0.1) is 6.92 Å². The first kappa shape index (κ1) is 19.1. The third-order valence-electron chi connectivity index (χ3n) is 4.38. The molecular weight excluding hydrogens is 358 g/mol. The van der Waals surface area contributed by atoms with Gasteiger partial charge in [0.05, 0.1) is 19.4 Å². The van der Waals surface area contributed by atoms with Crippen molar-refractivity contribution in [3.63, 3.8) is 0 Å². The van der Waals surface area contributed by atoms with Crippen molar-refractivity contribution in [3.8, 4) is 16.9 Å². The van der Waals surface area contributed by atoms with E-state index in [0.29, 0.717) is 29.4 Å². The van der Waals surface area contributed by atoms with Crippen molar-refractivity contribution >= 4 is 17.4 Å². The quantitative estimate of drug-likeness (QED) is 0.617. The Kier molecular flexibility index (Phi) is 6.24. The average Bonchev–Trinajstić information content (AvgIpc) is 2.70. The SMILES string of the molecule is COc1ccc(-c2ccc(NCc3oc(CSC)cc(=O)c3C)cc2)cc1. The Morgan fingerprint density at radius 3 is 2.26 bits per heavy atom. The Morgan fingerprint density at radius 1 is 1.04 bits per heavy atom. The highest BCUT2D eigenvalue weighted by Gasteiger charge is 2.08. The second kappa shape index (κ2) is 8.82. The molecule has 5 heteroatoms. The second-order valence-electron chi connectivity index (χ2n) is 6.22. The van der Waals surface area contributed by atoms with Gasteiger partial charge in [-0.1, -0.05) is 24.3 Å². The highest BCUT2D eigenvalue weighted by Crippen LogP contribution is 2.24. The van der Waals surface area contributed by atoms with Crippen molar-refractivity contribution in [3.05, 3.63) is 81.9 Å². The molecule has 1 aromatic heterocycles. The van der Waals surface area contributed by atoms with Crippen LogP contribution in [0.2, 0.25) is 0 Å². The molecule has 27 heavy (non-hydrogen) atoms. The van der Waals surface area contributed by atoms with Gasteiger partial charge in [0.15, 0.2) is 5.43 Å². The van der Waals surface area contributed by atoms with Gasteiger partial charge in [0, 0.05) is 17.3 Å². The van der Waals surface area contributed by atoms with E-state index < -0.39 is 0 Å². The zero-order valence-electron chi connectivity index (χ0n) is 15.7.